The van der Waals surface area contributed by atoms with E-state index in [0.29, 0.717) is 6.54 Å². The minimum absolute atomic E-state index is 0.229. The summed E-state index contributed by atoms with van der Waals surface area (Å²) in [6.07, 6.45) is 0. The molecule has 0 aliphatic rings. The second-order valence-electron chi connectivity index (χ2n) is 3.77. The van der Waals surface area contributed by atoms with E-state index in [1.165, 1.54) is 16.2 Å². The second kappa shape index (κ2) is 5.25. The predicted molar refractivity (Wildman–Crippen MR) is 72.9 cm³/mol. The molecule has 2 N–H and O–H groups in total. The van der Waals surface area contributed by atoms with Gasteiger partial charge in [-0.15, -0.1) is 0 Å². The van der Waals surface area contributed by atoms with E-state index in [1.54, 1.807) is 0 Å². The molecule has 0 aliphatic heterocycles. The Labute approximate surface area is 98.1 Å². The standard InChI is InChI=1S/C14H16NP/c1-16(13-5-3-2-4-6-13)14-9-7-12(11-15)8-10-14/h2-10H,11,15H2,1H3. The van der Waals surface area contributed by atoms with Gasteiger partial charge in [0.15, 0.2) is 0 Å². The molecule has 0 fully saturated rings. The summed E-state index contributed by atoms with van der Waals surface area (Å²) < 4.78 is 0. The van der Waals surface area contributed by atoms with Gasteiger partial charge >= 0.3 is 0 Å². The first-order valence-electron chi connectivity index (χ1n) is 5.39. The lowest BCUT2D eigenvalue weighted by Gasteiger charge is -2.13. The van der Waals surface area contributed by atoms with E-state index in [9.17, 15) is 0 Å². The summed E-state index contributed by atoms with van der Waals surface area (Å²) in [7, 11) is -0.229. The SMILES string of the molecule is CP(c1ccccc1)c1ccc(CN)cc1. The molecule has 2 aromatic carbocycles. The van der Waals surface area contributed by atoms with Gasteiger partial charge in [-0.1, -0.05) is 54.6 Å². The van der Waals surface area contributed by atoms with Crippen LogP contribution in [0.1, 0.15) is 5.56 Å². The van der Waals surface area contributed by atoms with Gasteiger partial charge in [0.2, 0.25) is 0 Å². The van der Waals surface area contributed by atoms with Crippen LogP contribution in [0.15, 0.2) is 54.6 Å². The van der Waals surface area contributed by atoms with Crippen molar-refractivity contribution in [1.29, 1.82) is 0 Å². The van der Waals surface area contributed by atoms with Crippen molar-refractivity contribution in [3.8, 4) is 0 Å². The minimum Gasteiger partial charge on any atom is -0.326 e. The van der Waals surface area contributed by atoms with Gasteiger partial charge in [-0.25, -0.2) is 0 Å². The van der Waals surface area contributed by atoms with E-state index in [2.05, 4.69) is 61.3 Å². The van der Waals surface area contributed by atoms with Crippen LogP contribution in [0.4, 0.5) is 0 Å². The molecule has 2 rings (SSSR count). The van der Waals surface area contributed by atoms with Crippen molar-refractivity contribution in [3.63, 3.8) is 0 Å². The van der Waals surface area contributed by atoms with Gasteiger partial charge in [-0.3, -0.25) is 0 Å². The Morgan fingerprint density at radius 2 is 1.44 bits per heavy atom. The number of nitrogens with two attached hydrogens (primary N) is 1. The third-order valence-corrected chi connectivity index (χ3v) is 4.85. The molecular weight excluding hydrogens is 213 g/mol. The van der Waals surface area contributed by atoms with Gasteiger partial charge in [-0.2, -0.15) is 0 Å². The van der Waals surface area contributed by atoms with Crippen molar-refractivity contribution in [2.75, 3.05) is 6.66 Å². The molecule has 1 atom stereocenters. The van der Waals surface area contributed by atoms with Crippen LogP contribution in [-0.2, 0) is 6.54 Å². The molecule has 0 saturated heterocycles. The third kappa shape index (κ3) is 2.49. The van der Waals surface area contributed by atoms with Gasteiger partial charge in [0, 0.05) is 6.54 Å². The fourth-order valence-electron chi connectivity index (χ4n) is 1.66. The van der Waals surface area contributed by atoms with Crippen molar-refractivity contribution in [1.82, 2.24) is 0 Å². The van der Waals surface area contributed by atoms with Crippen LogP contribution in [0.2, 0.25) is 0 Å². The van der Waals surface area contributed by atoms with Crippen LogP contribution in [-0.4, -0.2) is 6.66 Å². The molecular formula is C14H16NP. The van der Waals surface area contributed by atoms with E-state index < -0.39 is 0 Å². The van der Waals surface area contributed by atoms with E-state index in [4.69, 9.17) is 5.73 Å². The normalized spacial score (nSPS) is 12.4. The fraction of sp³-hybridized carbons (Fsp3) is 0.143. The number of hydrogen-bond donors (Lipinski definition) is 1. The molecule has 2 aromatic rings. The van der Waals surface area contributed by atoms with Crippen LogP contribution in [0.5, 0.6) is 0 Å². The first-order chi connectivity index (χ1) is 7.81. The number of rotatable bonds is 3. The summed E-state index contributed by atoms with van der Waals surface area (Å²) in [5.74, 6) is 0. The topological polar surface area (TPSA) is 26.0 Å². The largest absolute Gasteiger partial charge is 0.326 e. The highest BCUT2D eigenvalue weighted by molar-refractivity contribution is 7.72. The lowest BCUT2D eigenvalue weighted by atomic mass is 10.2. The highest BCUT2D eigenvalue weighted by Gasteiger charge is 2.06. The van der Waals surface area contributed by atoms with Gasteiger partial charge in [0.25, 0.3) is 0 Å². The Morgan fingerprint density at radius 3 is 2.00 bits per heavy atom. The average Bonchev–Trinajstić information content (AvgIpc) is 2.39. The van der Waals surface area contributed by atoms with Gasteiger partial charge < -0.3 is 5.73 Å². The van der Waals surface area contributed by atoms with Crippen LogP contribution in [0, 0.1) is 0 Å². The molecule has 0 amide bonds. The van der Waals surface area contributed by atoms with E-state index in [1.807, 2.05) is 0 Å². The van der Waals surface area contributed by atoms with Crippen LogP contribution in [0.3, 0.4) is 0 Å². The van der Waals surface area contributed by atoms with Crippen LogP contribution < -0.4 is 16.3 Å². The molecule has 0 spiro atoms. The molecule has 0 bridgehead atoms. The molecule has 16 heavy (non-hydrogen) atoms. The first-order valence-corrected chi connectivity index (χ1v) is 7.18. The predicted octanol–water partition coefficient (Wildman–Crippen LogP) is 2.21. The van der Waals surface area contributed by atoms with Crippen molar-refractivity contribution in [2.45, 2.75) is 6.54 Å². The molecule has 2 heteroatoms. The Hall–Kier alpha value is -1.17. The number of hydrogen-bond acceptors (Lipinski definition) is 1. The summed E-state index contributed by atoms with van der Waals surface area (Å²) in [5, 5.41) is 2.82. The van der Waals surface area contributed by atoms with Crippen molar-refractivity contribution < 1.29 is 0 Å². The Balaban J connectivity index is 2.24. The van der Waals surface area contributed by atoms with Crippen molar-refractivity contribution in [2.24, 2.45) is 5.73 Å². The minimum atomic E-state index is -0.229. The van der Waals surface area contributed by atoms with Crippen molar-refractivity contribution in [3.05, 3.63) is 60.2 Å². The van der Waals surface area contributed by atoms with Crippen LogP contribution >= 0.6 is 7.92 Å². The van der Waals surface area contributed by atoms with Crippen LogP contribution in [0.25, 0.3) is 0 Å². The first kappa shape index (κ1) is 11.3. The Kier molecular flexibility index (Phi) is 3.71. The quantitative estimate of drug-likeness (QED) is 0.802. The number of benzene rings is 2. The smallest absolute Gasteiger partial charge is 0.0178 e. The van der Waals surface area contributed by atoms with E-state index in [-0.39, 0.29) is 7.92 Å². The molecule has 1 unspecified atom stereocenters. The lowest BCUT2D eigenvalue weighted by Crippen LogP contribution is -2.10. The molecule has 0 aromatic heterocycles. The zero-order valence-electron chi connectivity index (χ0n) is 9.43. The second-order valence-corrected chi connectivity index (χ2v) is 5.92. The summed E-state index contributed by atoms with van der Waals surface area (Å²) in [5.41, 5.74) is 6.79. The maximum Gasteiger partial charge on any atom is 0.0178 e. The van der Waals surface area contributed by atoms with E-state index in [0.717, 1.165) is 0 Å². The Bertz CT molecular complexity index is 436. The Morgan fingerprint density at radius 1 is 0.875 bits per heavy atom. The molecule has 0 saturated carbocycles. The summed E-state index contributed by atoms with van der Waals surface area (Å²) in [6.45, 7) is 2.91. The average molecular weight is 229 g/mol. The highest BCUT2D eigenvalue weighted by atomic mass is 31.1. The third-order valence-electron chi connectivity index (χ3n) is 2.70. The molecule has 0 radical (unpaired) electrons. The molecule has 0 aliphatic carbocycles. The van der Waals surface area contributed by atoms with Gasteiger partial charge in [0.05, 0.1) is 0 Å². The maximum atomic E-state index is 5.59. The van der Waals surface area contributed by atoms with Crippen molar-refractivity contribution >= 4 is 18.5 Å². The molecule has 0 heterocycles. The molecule has 1 nitrogen and oxygen atoms in total. The monoisotopic (exact) mass is 229 g/mol. The zero-order valence-corrected chi connectivity index (χ0v) is 10.3. The van der Waals surface area contributed by atoms with Gasteiger partial charge in [-0.05, 0) is 30.8 Å². The summed E-state index contributed by atoms with van der Waals surface area (Å²) >= 11 is 0. The zero-order chi connectivity index (χ0) is 11.4. The molecule has 82 valence electrons. The fourth-order valence-corrected chi connectivity index (χ4v) is 3.17. The van der Waals surface area contributed by atoms with Gasteiger partial charge in [0.1, 0.15) is 0 Å². The summed E-state index contributed by atoms with van der Waals surface area (Å²) in [4.78, 5) is 0. The summed E-state index contributed by atoms with van der Waals surface area (Å²) in [6, 6.07) is 19.3. The maximum absolute atomic E-state index is 5.59. The lowest BCUT2D eigenvalue weighted by molar-refractivity contribution is 1.07. The van der Waals surface area contributed by atoms with E-state index >= 15 is 0 Å². The highest BCUT2D eigenvalue weighted by Crippen LogP contribution is 2.28.